The third kappa shape index (κ3) is 7.38. The Morgan fingerprint density at radius 1 is 1.21 bits per heavy atom. The van der Waals surface area contributed by atoms with Gasteiger partial charge >= 0.3 is 6.09 Å². The van der Waals surface area contributed by atoms with Crippen molar-refractivity contribution in [3.05, 3.63) is 0 Å². The lowest BCUT2D eigenvalue weighted by molar-refractivity contribution is 0.0245. The number of hydrogen-bond donors (Lipinski definition) is 2. The maximum atomic E-state index is 11.4. The van der Waals surface area contributed by atoms with Crippen LogP contribution in [0.1, 0.15) is 53.4 Å². The first-order valence-electron chi connectivity index (χ1n) is 7.24. The molecule has 0 heterocycles. The summed E-state index contributed by atoms with van der Waals surface area (Å²) >= 11 is 0. The summed E-state index contributed by atoms with van der Waals surface area (Å²) in [7, 11) is 0. The van der Waals surface area contributed by atoms with Crippen molar-refractivity contribution < 1.29 is 14.3 Å². The molecule has 0 aromatic heterocycles. The van der Waals surface area contributed by atoms with E-state index in [0.717, 1.165) is 38.8 Å². The molecule has 1 saturated carbocycles. The van der Waals surface area contributed by atoms with E-state index in [1.807, 2.05) is 27.7 Å². The third-order valence-electron chi connectivity index (χ3n) is 3.18. The van der Waals surface area contributed by atoms with Gasteiger partial charge in [0.1, 0.15) is 5.60 Å². The maximum absolute atomic E-state index is 11.4. The molecule has 5 nitrogen and oxygen atoms in total. The largest absolute Gasteiger partial charge is 0.443 e. The number of amides is 1. The molecule has 1 aliphatic rings. The zero-order valence-electron chi connectivity index (χ0n) is 12.6. The van der Waals surface area contributed by atoms with Crippen LogP contribution in [0.5, 0.6) is 0 Å². The van der Waals surface area contributed by atoms with E-state index in [1.165, 1.54) is 0 Å². The zero-order chi connectivity index (χ0) is 14.3. The number of rotatable bonds is 5. The molecule has 0 bridgehead atoms. The molecule has 2 N–H and O–H groups in total. The second-order valence-corrected chi connectivity index (χ2v) is 6.11. The summed E-state index contributed by atoms with van der Waals surface area (Å²) in [5.41, 5.74) is 5.08. The Morgan fingerprint density at radius 3 is 2.37 bits per heavy atom. The number of carbonyl (C=O) groups is 1. The lowest BCUT2D eigenvalue weighted by atomic mass is 9.87. The van der Waals surface area contributed by atoms with Gasteiger partial charge in [-0.25, -0.2) is 10.2 Å². The van der Waals surface area contributed by atoms with Crippen LogP contribution in [0, 0.1) is 5.92 Å². The molecule has 0 radical (unpaired) electrons. The first-order valence-corrected chi connectivity index (χ1v) is 7.24. The lowest BCUT2D eigenvalue weighted by Crippen LogP contribution is -2.43. The van der Waals surface area contributed by atoms with Crippen LogP contribution in [-0.4, -0.2) is 30.9 Å². The highest BCUT2D eigenvalue weighted by atomic mass is 16.6. The fourth-order valence-corrected chi connectivity index (χ4v) is 2.31. The van der Waals surface area contributed by atoms with Crippen molar-refractivity contribution in [1.29, 1.82) is 0 Å². The Morgan fingerprint density at radius 2 is 1.84 bits per heavy atom. The Balaban J connectivity index is 2.09. The van der Waals surface area contributed by atoms with Gasteiger partial charge in [-0.05, 0) is 59.3 Å². The van der Waals surface area contributed by atoms with E-state index in [9.17, 15) is 4.79 Å². The van der Waals surface area contributed by atoms with Gasteiger partial charge in [0.05, 0.1) is 6.10 Å². The summed E-state index contributed by atoms with van der Waals surface area (Å²) in [6.07, 6.45) is 4.54. The van der Waals surface area contributed by atoms with Crippen LogP contribution in [0.25, 0.3) is 0 Å². The van der Waals surface area contributed by atoms with E-state index >= 15 is 0 Å². The summed E-state index contributed by atoms with van der Waals surface area (Å²) in [5, 5.41) is 0. The highest BCUT2D eigenvalue weighted by molar-refractivity contribution is 5.66. The van der Waals surface area contributed by atoms with E-state index in [2.05, 4.69) is 10.9 Å². The molecule has 0 aromatic carbocycles. The molecule has 112 valence electrons. The lowest BCUT2D eigenvalue weighted by Gasteiger charge is -2.28. The third-order valence-corrected chi connectivity index (χ3v) is 3.18. The van der Waals surface area contributed by atoms with Crippen LogP contribution in [0.2, 0.25) is 0 Å². The minimum Gasteiger partial charge on any atom is -0.443 e. The smallest absolute Gasteiger partial charge is 0.422 e. The number of carbonyl (C=O) groups excluding carboxylic acids is 1. The van der Waals surface area contributed by atoms with Crippen LogP contribution in [0.3, 0.4) is 0 Å². The maximum Gasteiger partial charge on any atom is 0.422 e. The van der Waals surface area contributed by atoms with E-state index in [4.69, 9.17) is 9.47 Å². The van der Waals surface area contributed by atoms with Gasteiger partial charge in [-0.15, -0.1) is 0 Å². The molecule has 1 rings (SSSR count). The molecular weight excluding hydrogens is 244 g/mol. The average molecular weight is 272 g/mol. The van der Waals surface area contributed by atoms with E-state index < -0.39 is 11.7 Å². The second kappa shape index (κ2) is 7.70. The quantitative estimate of drug-likeness (QED) is 0.755. The molecule has 0 aromatic rings. The minimum atomic E-state index is -0.457. The second-order valence-electron chi connectivity index (χ2n) is 6.11. The summed E-state index contributed by atoms with van der Waals surface area (Å²) in [5.74, 6) is 0.603. The Kier molecular flexibility index (Phi) is 6.58. The Hall–Kier alpha value is -0.810. The molecule has 0 spiro atoms. The monoisotopic (exact) mass is 272 g/mol. The normalized spacial score (nSPS) is 24.0. The van der Waals surface area contributed by atoms with Crippen molar-refractivity contribution in [2.45, 2.75) is 65.1 Å². The molecule has 19 heavy (non-hydrogen) atoms. The summed E-state index contributed by atoms with van der Waals surface area (Å²) in [6, 6.07) is 0. The SMILES string of the molecule is CCOC1CCC(CNNC(=O)OC(C)(C)C)CC1. The fraction of sp³-hybridized carbons (Fsp3) is 0.929. The highest BCUT2D eigenvalue weighted by Crippen LogP contribution is 2.25. The predicted octanol–water partition coefficient (Wildman–Crippen LogP) is 2.61. The molecule has 1 aliphatic carbocycles. The standard InChI is InChI=1S/C14H28N2O3/c1-5-18-12-8-6-11(7-9-12)10-15-16-13(17)19-14(2,3)4/h11-12,15H,5-10H2,1-4H3,(H,16,17). The van der Waals surface area contributed by atoms with Crippen LogP contribution in [-0.2, 0) is 9.47 Å². The van der Waals surface area contributed by atoms with Gasteiger partial charge in [0.15, 0.2) is 0 Å². The number of hydrazine groups is 1. The van der Waals surface area contributed by atoms with Crippen LogP contribution < -0.4 is 10.9 Å². The van der Waals surface area contributed by atoms with Gasteiger partial charge in [0.2, 0.25) is 0 Å². The van der Waals surface area contributed by atoms with Crippen molar-refractivity contribution in [3.8, 4) is 0 Å². The number of hydrogen-bond acceptors (Lipinski definition) is 4. The van der Waals surface area contributed by atoms with Crippen molar-refractivity contribution in [3.63, 3.8) is 0 Å². The van der Waals surface area contributed by atoms with Gasteiger partial charge in [0, 0.05) is 13.2 Å². The summed E-state index contributed by atoms with van der Waals surface area (Å²) in [6.45, 7) is 9.18. The number of nitrogens with one attached hydrogen (secondary N) is 2. The van der Waals surface area contributed by atoms with Gasteiger partial charge in [-0.3, -0.25) is 5.43 Å². The van der Waals surface area contributed by atoms with Gasteiger partial charge in [-0.1, -0.05) is 0 Å². The van der Waals surface area contributed by atoms with Crippen molar-refractivity contribution in [2.24, 2.45) is 5.92 Å². The molecule has 0 unspecified atom stereocenters. The summed E-state index contributed by atoms with van der Waals surface area (Å²) in [4.78, 5) is 11.4. The molecule has 5 heteroatoms. The zero-order valence-corrected chi connectivity index (χ0v) is 12.6. The molecular formula is C14H28N2O3. The number of ether oxygens (including phenoxy) is 2. The van der Waals surface area contributed by atoms with Crippen molar-refractivity contribution in [2.75, 3.05) is 13.2 Å². The molecule has 1 fully saturated rings. The van der Waals surface area contributed by atoms with Gasteiger partial charge in [0.25, 0.3) is 0 Å². The van der Waals surface area contributed by atoms with E-state index in [0.29, 0.717) is 12.0 Å². The predicted molar refractivity (Wildman–Crippen MR) is 74.7 cm³/mol. The van der Waals surface area contributed by atoms with E-state index in [1.54, 1.807) is 0 Å². The van der Waals surface area contributed by atoms with Crippen LogP contribution >= 0.6 is 0 Å². The minimum absolute atomic E-state index is 0.421. The summed E-state index contributed by atoms with van der Waals surface area (Å²) < 4.78 is 10.8. The van der Waals surface area contributed by atoms with E-state index in [-0.39, 0.29) is 0 Å². The van der Waals surface area contributed by atoms with Gasteiger partial charge < -0.3 is 9.47 Å². The molecule has 0 saturated heterocycles. The van der Waals surface area contributed by atoms with Crippen LogP contribution in [0.4, 0.5) is 4.79 Å². The first kappa shape index (κ1) is 16.2. The van der Waals surface area contributed by atoms with Crippen molar-refractivity contribution >= 4 is 6.09 Å². The molecule has 0 atom stereocenters. The average Bonchev–Trinajstić information content (AvgIpc) is 2.29. The Labute approximate surface area is 116 Å². The highest BCUT2D eigenvalue weighted by Gasteiger charge is 2.21. The van der Waals surface area contributed by atoms with Gasteiger partial charge in [-0.2, -0.15) is 0 Å². The topological polar surface area (TPSA) is 59.6 Å². The van der Waals surface area contributed by atoms with Crippen molar-refractivity contribution in [1.82, 2.24) is 10.9 Å². The molecule has 1 amide bonds. The Bertz CT molecular complexity index is 268. The van der Waals surface area contributed by atoms with Crippen LogP contribution in [0.15, 0.2) is 0 Å². The fourth-order valence-electron chi connectivity index (χ4n) is 2.31. The molecule has 0 aliphatic heterocycles. The first-order chi connectivity index (χ1) is 8.90.